The van der Waals surface area contributed by atoms with Gasteiger partial charge in [-0.15, -0.1) is 0 Å². The van der Waals surface area contributed by atoms with Crippen LogP contribution in [-0.2, 0) is 4.74 Å². The highest BCUT2D eigenvalue weighted by molar-refractivity contribution is 6.01. The molecule has 21 heavy (non-hydrogen) atoms. The van der Waals surface area contributed by atoms with E-state index in [-0.39, 0.29) is 29.8 Å². The Hall–Kier alpha value is -1.88. The minimum Gasteiger partial charge on any atom is -0.545 e. The maximum atomic E-state index is 12.0. The number of aliphatic hydroxyl groups excluding tert-OH is 1. The molecule has 2 atom stereocenters. The molecule has 0 radical (unpaired) electrons. The highest BCUT2D eigenvalue weighted by Crippen LogP contribution is 2.15. The van der Waals surface area contributed by atoms with Crippen LogP contribution in [-0.4, -0.2) is 29.8 Å². The lowest BCUT2D eigenvalue weighted by Crippen LogP contribution is -2.26. The summed E-state index contributed by atoms with van der Waals surface area (Å²) in [7, 11) is 0. The normalized spacial score (nSPS) is 13.5. The van der Waals surface area contributed by atoms with Gasteiger partial charge in [0.2, 0.25) is 0 Å². The second-order valence-electron chi connectivity index (χ2n) is 5.13. The first-order chi connectivity index (χ1) is 9.95. The van der Waals surface area contributed by atoms with Crippen LogP contribution in [0.5, 0.6) is 0 Å². The molecule has 5 heteroatoms. The smallest absolute Gasteiger partial charge is 0.338 e. The highest BCUT2D eigenvalue weighted by atomic mass is 16.5. The molecule has 0 bridgehead atoms. The van der Waals surface area contributed by atoms with E-state index in [1.165, 1.54) is 18.2 Å². The summed E-state index contributed by atoms with van der Waals surface area (Å²) in [6.07, 6.45) is 1.84. The van der Waals surface area contributed by atoms with Gasteiger partial charge >= 0.3 is 5.97 Å². The Labute approximate surface area is 124 Å². The quantitative estimate of drug-likeness (QED) is 0.732. The molecule has 1 N–H and O–H groups in total. The van der Waals surface area contributed by atoms with Crippen molar-refractivity contribution in [2.45, 2.75) is 39.2 Å². The molecule has 0 saturated heterocycles. The van der Waals surface area contributed by atoms with Crippen molar-refractivity contribution in [3.8, 4) is 0 Å². The van der Waals surface area contributed by atoms with Gasteiger partial charge in [-0.3, -0.25) is 0 Å². The number of carbonyl (C=O) groups is 2. The summed E-state index contributed by atoms with van der Waals surface area (Å²) in [6, 6.07) is 5.83. The zero-order chi connectivity index (χ0) is 15.8. The second-order valence-corrected chi connectivity index (χ2v) is 5.13. The van der Waals surface area contributed by atoms with E-state index in [9.17, 15) is 19.8 Å². The third-order valence-corrected chi connectivity index (χ3v) is 3.39. The van der Waals surface area contributed by atoms with Crippen molar-refractivity contribution in [1.29, 1.82) is 0 Å². The Morgan fingerprint density at radius 1 is 1.24 bits per heavy atom. The molecule has 116 valence electrons. The maximum Gasteiger partial charge on any atom is 0.338 e. The van der Waals surface area contributed by atoms with Crippen LogP contribution >= 0.6 is 0 Å². The van der Waals surface area contributed by atoms with Gasteiger partial charge in [0.05, 0.1) is 24.2 Å². The largest absolute Gasteiger partial charge is 0.545 e. The predicted molar refractivity (Wildman–Crippen MR) is 75.8 cm³/mol. The van der Waals surface area contributed by atoms with Gasteiger partial charge in [-0.2, -0.15) is 0 Å². The van der Waals surface area contributed by atoms with Crippen molar-refractivity contribution in [1.82, 2.24) is 0 Å². The standard InChI is InChI=1S/C16H22O5/c1-3-12(9-8-11(2)17)10-21-16(20)14-7-5-4-6-13(14)15(18)19/h4-7,11-12,17H,3,8-10H2,1-2H3,(H,18,19)/p-1. The highest BCUT2D eigenvalue weighted by Gasteiger charge is 2.16. The zero-order valence-corrected chi connectivity index (χ0v) is 12.4. The fourth-order valence-electron chi connectivity index (χ4n) is 1.99. The Morgan fingerprint density at radius 2 is 1.86 bits per heavy atom. The van der Waals surface area contributed by atoms with Gasteiger partial charge in [-0.1, -0.05) is 31.5 Å². The number of rotatable bonds is 8. The van der Waals surface area contributed by atoms with Crippen LogP contribution in [0.25, 0.3) is 0 Å². The number of benzene rings is 1. The number of esters is 1. The first-order valence-corrected chi connectivity index (χ1v) is 7.11. The van der Waals surface area contributed by atoms with Crippen molar-refractivity contribution >= 4 is 11.9 Å². The average Bonchev–Trinajstić information content (AvgIpc) is 2.46. The summed E-state index contributed by atoms with van der Waals surface area (Å²) in [4.78, 5) is 22.9. The predicted octanol–water partition coefficient (Wildman–Crippen LogP) is 1.39. The van der Waals surface area contributed by atoms with Crippen molar-refractivity contribution < 1.29 is 24.5 Å². The number of carbonyl (C=O) groups excluding carboxylic acids is 2. The lowest BCUT2D eigenvalue weighted by molar-refractivity contribution is -0.255. The van der Waals surface area contributed by atoms with Crippen molar-refractivity contribution in [2.75, 3.05) is 6.61 Å². The lowest BCUT2D eigenvalue weighted by Gasteiger charge is -2.16. The molecule has 0 amide bonds. The fourth-order valence-corrected chi connectivity index (χ4v) is 1.99. The average molecular weight is 293 g/mol. The van der Waals surface area contributed by atoms with Crippen LogP contribution < -0.4 is 5.11 Å². The second kappa shape index (κ2) is 8.42. The van der Waals surface area contributed by atoms with E-state index in [4.69, 9.17) is 4.74 Å². The third-order valence-electron chi connectivity index (χ3n) is 3.39. The van der Waals surface area contributed by atoms with Crippen LogP contribution in [0.2, 0.25) is 0 Å². The number of aliphatic hydroxyl groups is 1. The summed E-state index contributed by atoms with van der Waals surface area (Å²) in [5, 5.41) is 20.2. The molecule has 5 nitrogen and oxygen atoms in total. The fraction of sp³-hybridized carbons (Fsp3) is 0.500. The summed E-state index contributed by atoms with van der Waals surface area (Å²) in [5.41, 5.74) is -0.164. The zero-order valence-electron chi connectivity index (χ0n) is 12.4. The third kappa shape index (κ3) is 5.55. The molecule has 0 aliphatic rings. The summed E-state index contributed by atoms with van der Waals surface area (Å²) >= 11 is 0. The molecule has 0 aliphatic heterocycles. The molecule has 0 fully saturated rings. The van der Waals surface area contributed by atoms with E-state index in [1.807, 2.05) is 6.92 Å². The van der Waals surface area contributed by atoms with Gasteiger partial charge in [0.15, 0.2) is 0 Å². The lowest BCUT2D eigenvalue weighted by atomic mass is 9.99. The van der Waals surface area contributed by atoms with Gasteiger partial charge < -0.3 is 19.7 Å². The monoisotopic (exact) mass is 293 g/mol. The van der Waals surface area contributed by atoms with Crippen LogP contribution in [0.1, 0.15) is 53.8 Å². The van der Waals surface area contributed by atoms with Gasteiger partial charge in [0, 0.05) is 5.56 Å². The molecule has 1 aromatic rings. The van der Waals surface area contributed by atoms with Gasteiger partial charge in [-0.05, 0) is 31.7 Å². The van der Waals surface area contributed by atoms with Crippen LogP contribution in [0.4, 0.5) is 0 Å². The molecule has 0 heterocycles. The van der Waals surface area contributed by atoms with Crippen LogP contribution in [0, 0.1) is 5.92 Å². The van der Waals surface area contributed by atoms with Crippen LogP contribution in [0.3, 0.4) is 0 Å². The van der Waals surface area contributed by atoms with E-state index in [0.29, 0.717) is 6.42 Å². The van der Waals surface area contributed by atoms with Crippen molar-refractivity contribution in [2.24, 2.45) is 5.92 Å². The maximum absolute atomic E-state index is 12.0. The number of ether oxygens (including phenoxy) is 1. The number of carboxylic acid groups (broad SMARTS) is 1. The molecular formula is C16H21O5-. The summed E-state index contributed by atoms with van der Waals surface area (Å²) in [6.45, 7) is 3.91. The Kier molecular flexibility index (Phi) is 6.88. The molecule has 0 aromatic heterocycles. The topological polar surface area (TPSA) is 86.7 Å². The molecule has 0 saturated carbocycles. The first-order valence-electron chi connectivity index (χ1n) is 7.11. The molecule has 2 unspecified atom stereocenters. The summed E-state index contributed by atoms with van der Waals surface area (Å²) < 4.78 is 5.19. The number of carboxylic acids is 1. The number of hydrogen-bond donors (Lipinski definition) is 1. The molecule has 0 aliphatic carbocycles. The van der Waals surface area contributed by atoms with Gasteiger partial charge in [-0.25, -0.2) is 4.79 Å². The van der Waals surface area contributed by atoms with Crippen molar-refractivity contribution in [3.05, 3.63) is 35.4 Å². The van der Waals surface area contributed by atoms with E-state index in [1.54, 1.807) is 13.0 Å². The number of aromatic carboxylic acids is 1. The van der Waals surface area contributed by atoms with Gasteiger partial charge in [0.25, 0.3) is 0 Å². The Balaban J connectivity index is 2.63. The summed E-state index contributed by atoms with van der Waals surface area (Å²) in [5.74, 6) is -1.91. The Bertz CT molecular complexity index is 481. The molecule has 0 spiro atoms. The Morgan fingerprint density at radius 3 is 2.38 bits per heavy atom. The van der Waals surface area contributed by atoms with Gasteiger partial charge in [0.1, 0.15) is 0 Å². The van der Waals surface area contributed by atoms with Crippen molar-refractivity contribution in [3.63, 3.8) is 0 Å². The van der Waals surface area contributed by atoms with Crippen LogP contribution in [0.15, 0.2) is 24.3 Å². The van der Waals surface area contributed by atoms with E-state index in [0.717, 1.165) is 12.8 Å². The van der Waals surface area contributed by atoms with E-state index in [2.05, 4.69) is 0 Å². The molecule has 1 aromatic carbocycles. The SMILES string of the molecule is CCC(CCC(C)O)COC(=O)c1ccccc1C(=O)[O-]. The minimum atomic E-state index is -1.40. The van der Waals surface area contributed by atoms with E-state index >= 15 is 0 Å². The number of hydrogen-bond acceptors (Lipinski definition) is 5. The van der Waals surface area contributed by atoms with E-state index < -0.39 is 11.9 Å². The first kappa shape index (κ1) is 17.2. The molecule has 1 rings (SSSR count). The molecular weight excluding hydrogens is 272 g/mol. The minimum absolute atomic E-state index is 0.00267.